The van der Waals surface area contributed by atoms with E-state index < -0.39 is 11.7 Å². The Morgan fingerprint density at radius 3 is 2.26 bits per heavy atom. The lowest BCUT2D eigenvalue weighted by atomic mass is 9.91. The summed E-state index contributed by atoms with van der Waals surface area (Å²) in [6.07, 6.45) is 2.70. The minimum Gasteiger partial charge on any atom is -0.444 e. The highest BCUT2D eigenvalue weighted by molar-refractivity contribution is 5.99. The summed E-state index contributed by atoms with van der Waals surface area (Å²) >= 11 is 0. The van der Waals surface area contributed by atoms with E-state index in [-0.39, 0.29) is 18.0 Å². The predicted molar refractivity (Wildman–Crippen MR) is 153 cm³/mol. The van der Waals surface area contributed by atoms with Crippen molar-refractivity contribution in [3.05, 3.63) is 83.6 Å². The first-order valence-corrected chi connectivity index (χ1v) is 13.5. The number of nitriles is 1. The number of fused-ring (bicyclic) bond motifs is 2. The van der Waals surface area contributed by atoms with E-state index in [0.29, 0.717) is 17.8 Å². The van der Waals surface area contributed by atoms with Crippen LogP contribution in [-0.2, 0) is 11.3 Å². The van der Waals surface area contributed by atoms with Crippen LogP contribution >= 0.6 is 0 Å². The highest BCUT2D eigenvalue weighted by Gasteiger charge is 2.27. The van der Waals surface area contributed by atoms with Crippen LogP contribution in [0.2, 0.25) is 0 Å². The number of ether oxygens (including phenoxy) is 1. The summed E-state index contributed by atoms with van der Waals surface area (Å²) in [4.78, 5) is 25.7. The fourth-order valence-corrected chi connectivity index (χ4v) is 5.32. The lowest BCUT2D eigenvalue weighted by molar-refractivity contribution is 0.0488. The molecule has 1 heterocycles. The molecule has 0 radical (unpaired) electrons. The van der Waals surface area contributed by atoms with E-state index in [0.717, 1.165) is 47.5 Å². The van der Waals surface area contributed by atoms with Gasteiger partial charge in [-0.2, -0.15) is 5.26 Å². The molecule has 0 bridgehead atoms. The summed E-state index contributed by atoms with van der Waals surface area (Å²) in [7, 11) is 0. The Kier molecular flexibility index (Phi) is 7.30. The summed E-state index contributed by atoms with van der Waals surface area (Å²) in [5.41, 5.74) is 2.54. The molecular formula is C32H34N4O3. The molecule has 3 aromatic carbocycles. The maximum absolute atomic E-state index is 13.6. The highest BCUT2D eigenvalue weighted by atomic mass is 16.6. The van der Waals surface area contributed by atoms with Gasteiger partial charge >= 0.3 is 6.09 Å². The third-order valence-electron chi connectivity index (χ3n) is 7.20. The number of carbonyl (C=O) groups excluding carboxylic acids is 2. The summed E-state index contributed by atoms with van der Waals surface area (Å²) in [6, 6.07) is 24.3. The number of rotatable bonds is 5. The molecule has 2 amide bonds. The monoisotopic (exact) mass is 522 g/mol. The molecule has 7 nitrogen and oxygen atoms in total. The quantitative estimate of drug-likeness (QED) is 0.322. The molecule has 0 unspecified atom stereocenters. The van der Waals surface area contributed by atoms with Gasteiger partial charge in [-0.3, -0.25) is 4.79 Å². The second kappa shape index (κ2) is 10.8. The van der Waals surface area contributed by atoms with Crippen LogP contribution in [0.5, 0.6) is 0 Å². The minimum atomic E-state index is -0.533. The van der Waals surface area contributed by atoms with Crippen LogP contribution in [0, 0.1) is 11.3 Å². The molecule has 1 saturated carbocycles. The van der Waals surface area contributed by atoms with Gasteiger partial charge in [-0.25, -0.2) is 4.79 Å². The molecule has 5 rings (SSSR count). The van der Waals surface area contributed by atoms with Gasteiger partial charge in [0.25, 0.3) is 5.91 Å². The Hall–Kier alpha value is -4.31. The number of benzene rings is 3. The Morgan fingerprint density at radius 2 is 1.56 bits per heavy atom. The Labute approximate surface area is 228 Å². The molecule has 2 N–H and O–H groups in total. The second-order valence-corrected chi connectivity index (χ2v) is 11.4. The number of nitrogens with zero attached hydrogens (tertiary/aromatic N) is 2. The topological polar surface area (TPSA) is 96.2 Å². The molecule has 0 spiro atoms. The van der Waals surface area contributed by atoms with Gasteiger partial charge in [0.05, 0.1) is 17.1 Å². The van der Waals surface area contributed by atoms with Crippen LogP contribution < -0.4 is 10.6 Å². The van der Waals surface area contributed by atoms with Gasteiger partial charge in [-0.1, -0.05) is 42.5 Å². The SMILES string of the molecule is CC(C)(C)OC(=O)N[C@H]1CC[C@H](NC(=O)c2cc3ccc(C#N)cc3n2Cc2ccc3ccccc3c2)CC1. The third-order valence-corrected chi connectivity index (χ3v) is 7.20. The van der Waals surface area contributed by atoms with Crippen molar-refractivity contribution in [3.8, 4) is 6.07 Å². The summed E-state index contributed by atoms with van der Waals surface area (Å²) in [6.45, 7) is 6.05. The molecule has 1 aliphatic carbocycles. The second-order valence-electron chi connectivity index (χ2n) is 11.4. The molecule has 1 aromatic heterocycles. The van der Waals surface area contributed by atoms with E-state index in [1.54, 1.807) is 6.07 Å². The number of aromatic nitrogens is 1. The fraction of sp³-hybridized carbons (Fsp3) is 0.344. The van der Waals surface area contributed by atoms with E-state index in [1.165, 1.54) is 5.39 Å². The summed E-state index contributed by atoms with van der Waals surface area (Å²) in [5.74, 6) is -0.131. The molecule has 0 atom stereocenters. The first-order chi connectivity index (χ1) is 18.7. The first kappa shape index (κ1) is 26.3. The van der Waals surface area contributed by atoms with E-state index in [1.807, 2.05) is 55.7 Å². The molecule has 39 heavy (non-hydrogen) atoms. The molecule has 1 fully saturated rings. The van der Waals surface area contributed by atoms with Crippen molar-refractivity contribution in [1.82, 2.24) is 15.2 Å². The lowest BCUT2D eigenvalue weighted by Gasteiger charge is -2.30. The average Bonchev–Trinajstić information content (AvgIpc) is 3.26. The zero-order valence-electron chi connectivity index (χ0n) is 22.7. The number of hydrogen-bond acceptors (Lipinski definition) is 4. The maximum atomic E-state index is 13.6. The average molecular weight is 523 g/mol. The Balaban J connectivity index is 1.33. The van der Waals surface area contributed by atoms with Crippen molar-refractivity contribution in [2.24, 2.45) is 0 Å². The van der Waals surface area contributed by atoms with Crippen molar-refractivity contribution < 1.29 is 14.3 Å². The van der Waals surface area contributed by atoms with Gasteiger partial charge in [0.1, 0.15) is 11.3 Å². The van der Waals surface area contributed by atoms with Gasteiger partial charge < -0.3 is 19.9 Å². The van der Waals surface area contributed by atoms with Crippen LogP contribution in [0.25, 0.3) is 21.7 Å². The van der Waals surface area contributed by atoms with Crippen LogP contribution in [0.4, 0.5) is 4.79 Å². The number of carbonyl (C=O) groups is 2. The number of alkyl carbamates (subject to hydrolysis) is 1. The largest absolute Gasteiger partial charge is 0.444 e. The van der Waals surface area contributed by atoms with Crippen LogP contribution in [0.1, 0.15) is 68.1 Å². The van der Waals surface area contributed by atoms with Crippen LogP contribution in [-0.4, -0.2) is 34.3 Å². The van der Waals surface area contributed by atoms with Gasteiger partial charge in [0.15, 0.2) is 0 Å². The fourth-order valence-electron chi connectivity index (χ4n) is 5.32. The Morgan fingerprint density at radius 1 is 0.897 bits per heavy atom. The number of nitrogens with one attached hydrogen (secondary N) is 2. The molecule has 0 saturated heterocycles. The smallest absolute Gasteiger partial charge is 0.407 e. The van der Waals surface area contributed by atoms with Crippen molar-refractivity contribution in [2.45, 2.75) is 70.7 Å². The Bertz CT molecular complexity index is 1570. The lowest BCUT2D eigenvalue weighted by Crippen LogP contribution is -2.45. The molecule has 0 aliphatic heterocycles. The van der Waals surface area contributed by atoms with Crippen LogP contribution in [0.15, 0.2) is 66.7 Å². The van der Waals surface area contributed by atoms with Crippen LogP contribution in [0.3, 0.4) is 0 Å². The standard InChI is InChI=1S/C32H34N4O3/c1-32(2,3)39-31(38)35-27-14-12-26(13-15-27)34-30(37)29-18-25-11-8-21(19-33)17-28(25)36(29)20-22-9-10-23-6-4-5-7-24(23)16-22/h4-11,16-18,26-27H,12-15,20H2,1-3H3,(H,34,37)(H,35,38)/t26-,27-. The van der Waals surface area contributed by atoms with E-state index >= 15 is 0 Å². The van der Waals surface area contributed by atoms with Crippen molar-refractivity contribution in [1.29, 1.82) is 5.26 Å². The predicted octanol–water partition coefficient (Wildman–Crippen LogP) is 6.28. The molecule has 7 heteroatoms. The zero-order chi connectivity index (χ0) is 27.6. The molecule has 200 valence electrons. The van der Waals surface area contributed by atoms with Gasteiger partial charge in [-0.15, -0.1) is 0 Å². The van der Waals surface area contributed by atoms with E-state index in [4.69, 9.17) is 4.74 Å². The van der Waals surface area contributed by atoms with E-state index in [9.17, 15) is 14.9 Å². The van der Waals surface area contributed by atoms with Gasteiger partial charge in [0.2, 0.25) is 0 Å². The number of hydrogen-bond donors (Lipinski definition) is 2. The number of amides is 2. The molecule has 4 aromatic rings. The van der Waals surface area contributed by atoms with Crippen molar-refractivity contribution >= 4 is 33.7 Å². The summed E-state index contributed by atoms with van der Waals surface area (Å²) < 4.78 is 7.38. The van der Waals surface area contributed by atoms with Crippen molar-refractivity contribution in [3.63, 3.8) is 0 Å². The zero-order valence-corrected chi connectivity index (χ0v) is 22.7. The van der Waals surface area contributed by atoms with Gasteiger partial charge in [-0.05, 0) is 87.1 Å². The highest BCUT2D eigenvalue weighted by Crippen LogP contribution is 2.26. The first-order valence-electron chi connectivity index (χ1n) is 13.5. The third kappa shape index (κ3) is 6.23. The molecule has 1 aliphatic rings. The summed E-state index contributed by atoms with van der Waals surface area (Å²) in [5, 5.41) is 18.9. The maximum Gasteiger partial charge on any atom is 0.407 e. The molecular weight excluding hydrogens is 488 g/mol. The van der Waals surface area contributed by atoms with E-state index in [2.05, 4.69) is 47.0 Å². The minimum absolute atomic E-state index is 0.0241. The normalized spacial score (nSPS) is 17.5. The van der Waals surface area contributed by atoms with Crippen molar-refractivity contribution in [2.75, 3.05) is 0 Å². The van der Waals surface area contributed by atoms with Gasteiger partial charge in [0, 0.05) is 24.0 Å².